The molecule has 0 bridgehead atoms. The second-order valence-electron chi connectivity index (χ2n) is 8.25. The molecule has 1 unspecified atom stereocenters. The quantitative estimate of drug-likeness (QED) is 0.573. The first-order valence-corrected chi connectivity index (χ1v) is 11.8. The predicted octanol–water partition coefficient (Wildman–Crippen LogP) is 4.72. The molecule has 2 N–H and O–H groups in total. The highest BCUT2D eigenvalue weighted by Crippen LogP contribution is 2.21. The largest absolute Gasteiger partial charge is 0.338 e. The van der Waals surface area contributed by atoms with Crippen molar-refractivity contribution < 1.29 is 9.59 Å². The molecule has 0 radical (unpaired) electrons. The second kappa shape index (κ2) is 10.4. The maximum atomic E-state index is 13.0. The normalized spacial score (nSPS) is 15.9. The number of urea groups is 1. The first-order valence-electron chi connectivity index (χ1n) is 11.0. The van der Waals surface area contributed by atoms with Crippen LogP contribution in [0, 0.1) is 12.8 Å². The lowest BCUT2D eigenvalue weighted by molar-refractivity contribution is 0.0670. The second-order valence-corrected chi connectivity index (χ2v) is 9.19. The van der Waals surface area contributed by atoms with Gasteiger partial charge in [0, 0.05) is 37.1 Å². The summed E-state index contributed by atoms with van der Waals surface area (Å²) in [4.78, 5) is 31.7. The van der Waals surface area contributed by atoms with Gasteiger partial charge in [0.25, 0.3) is 5.91 Å². The van der Waals surface area contributed by atoms with E-state index < -0.39 is 0 Å². The lowest BCUT2D eigenvalue weighted by Crippen LogP contribution is -2.44. The number of nitrogens with zero attached hydrogens (tertiary/aromatic N) is 2. The van der Waals surface area contributed by atoms with Crippen LogP contribution in [-0.4, -0.2) is 41.5 Å². The zero-order chi connectivity index (χ0) is 22.3. The van der Waals surface area contributed by atoms with Crippen LogP contribution in [0.25, 0.3) is 0 Å². The molecule has 1 aliphatic rings. The zero-order valence-corrected chi connectivity index (χ0v) is 19.0. The molecule has 7 heteroatoms. The SMILES string of the molecule is Cc1ccc(NC(=O)NCC2CCCN(C(=O)c3csc(Cc4ccccc4)n3)C2)cc1. The summed E-state index contributed by atoms with van der Waals surface area (Å²) in [6.07, 6.45) is 2.66. The fourth-order valence-electron chi connectivity index (χ4n) is 3.89. The van der Waals surface area contributed by atoms with E-state index >= 15 is 0 Å². The van der Waals surface area contributed by atoms with Crippen LogP contribution in [0.5, 0.6) is 0 Å². The minimum absolute atomic E-state index is 0.0191. The predicted molar refractivity (Wildman–Crippen MR) is 128 cm³/mol. The van der Waals surface area contributed by atoms with E-state index in [1.54, 1.807) is 0 Å². The highest BCUT2D eigenvalue weighted by Gasteiger charge is 2.26. The number of nitrogens with one attached hydrogen (secondary N) is 2. The van der Waals surface area contributed by atoms with E-state index in [0.717, 1.165) is 42.1 Å². The van der Waals surface area contributed by atoms with Gasteiger partial charge < -0.3 is 15.5 Å². The summed E-state index contributed by atoms with van der Waals surface area (Å²) in [5, 5.41) is 8.60. The van der Waals surface area contributed by atoms with E-state index in [4.69, 9.17) is 0 Å². The first kappa shape index (κ1) is 22.0. The Bertz CT molecular complexity index is 1050. The Balaban J connectivity index is 1.27. The van der Waals surface area contributed by atoms with Crippen LogP contribution in [0.1, 0.15) is 39.5 Å². The summed E-state index contributed by atoms with van der Waals surface area (Å²) >= 11 is 1.53. The number of piperidine rings is 1. The Kier molecular flexibility index (Phi) is 7.17. The average molecular weight is 449 g/mol. The fraction of sp³-hybridized carbons (Fsp3) is 0.320. The van der Waals surface area contributed by atoms with E-state index in [2.05, 4.69) is 27.8 Å². The number of benzene rings is 2. The van der Waals surface area contributed by atoms with Gasteiger partial charge in [0.15, 0.2) is 0 Å². The minimum atomic E-state index is -0.220. The van der Waals surface area contributed by atoms with Gasteiger partial charge in [0.2, 0.25) is 0 Å². The van der Waals surface area contributed by atoms with Crippen LogP contribution >= 0.6 is 11.3 Å². The molecule has 6 nitrogen and oxygen atoms in total. The number of anilines is 1. The van der Waals surface area contributed by atoms with Crippen molar-refractivity contribution in [3.05, 3.63) is 81.8 Å². The van der Waals surface area contributed by atoms with Gasteiger partial charge in [-0.2, -0.15) is 0 Å². The third kappa shape index (κ3) is 5.95. The van der Waals surface area contributed by atoms with Gasteiger partial charge in [-0.15, -0.1) is 11.3 Å². The summed E-state index contributed by atoms with van der Waals surface area (Å²) in [5.41, 5.74) is 3.62. The van der Waals surface area contributed by atoms with Crippen molar-refractivity contribution in [2.24, 2.45) is 5.92 Å². The van der Waals surface area contributed by atoms with Gasteiger partial charge in [-0.3, -0.25) is 4.79 Å². The number of aromatic nitrogens is 1. The maximum absolute atomic E-state index is 13.0. The molecule has 0 aliphatic carbocycles. The van der Waals surface area contributed by atoms with Gasteiger partial charge in [-0.1, -0.05) is 48.0 Å². The molecule has 166 valence electrons. The first-order chi connectivity index (χ1) is 15.6. The van der Waals surface area contributed by atoms with Crippen molar-refractivity contribution >= 4 is 29.0 Å². The zero-order valence-electron chi connectivity index (χ0n) is 18.2. The van der Waals surface area contributed by atoms with E-state index in [9.17, 15) is 9.59 Å². The summed E-state index contributed by atoms with van der Waals surface area (Å²) in [6, 6.07) is 17.6. The fourth-order valence-corrected chi connectivity index (χ4v) is 4.69. The maximum Gasteiger partial charge on any atom is 0.319 e. The van der Waals surface area contributed by atoms with Crippen LogP contribution in [0.3, 0.4) is 0 Å². The van der Waals surface area contributed by atoms with Crippen LogP contribution in [-0.2, 0) is 6.42 Å². The topological polar surface area (TPSA) is 74.3 Å². The van der Waals surface area contributed by atoms with Gasteiger partial charge in [0.05, 0.1) is 5.01 Å². The van der Waals surface area contributed by atoms with Gasteiger partial charge in [-0.05, 0) is 43.4 Å². The molecular formula is C25H28N4O2S. The number of carbonyl (C=O) groups is 2. The summed E-state index contributed by atoms with van der Waals surface area (Å²) < 4.78 is 0. The van der Waals surface area contributed by atoms with E-state index in [1.165, 1.54) is 16.9 Å². The number of rotatable bonds is 6. The van der Waals surface area contributed by atoms with Crippen molar-refractivity contribution in [3.8, 4) is 0 Å². The lowest BCUT2D eigenvalue weighted by atomic mass is 9.98. The molecule has 3 amide bonds. The monoisotopic (exact) mass is 448 g/mol. The van der Waals surface area contributed by atoms with Gasteiger partial charge in [-0.25, -0.2) is 9.78 Å². The van der Waals surface area contributed by atoms with Crippen LogP contribution < -0.4 is 10.6 Å². The Hall–Kier alpha value is -3.19. The van der Waals surface area contributed by atoms with Crippen molar-refractivity contribution in [2.75, 3.05) is 25.0 Å². The molecule has 2 heterocycles. The molecule has 1 atom stereocenters. The smallest absolute Gasteiger partial charge is 0.319 e. The molecule has 1 fully saturated rings. The van der Waals surface area contributed by atoms with Crippen LogP contribution in [0.4, 0.5) is 10.5 Å². The van der Waals surface area contributed by atoms with E-state index in [1.807, 2.05) is 59.7 Å². The molecular weight excluding hydrogens is 420 g/mol. The summed E-state index contributed by atoms with van der Waals surface area (Å²) in [5.74, 6) is 0.216. The Morgan fingerprint density at radius 2 is 1.91 bits per heavy atom. The lowest BCUT2D eigenvalue weighted by Gasteiger charge is -2.32. The average Bonchev–Trinajstić information content (AvgIpc) is 3.28. The van der Waals surface area contributed by atoms with Crippen LogP contribution in [0.2, 0.25) is 0 Å². The third-order valence-electron chi connectivity index (χ3n) is 5.64. The number of carbonyl (C=O) groups excluding carboxylic acids is 2. The molecule has 4 rings (SSSR count). The van der Waals surface area contributed by atoms with Gasteiger partial charge in [0.1, 0.15) is 5.69 Å². The molecule has 0 saturated carbocycles. The van der Waals surface area contributed by atoms with E-state index in [0.29, 0.717) is 18.8 Å². The number of thiazole rings is 1. The van der Waals surface area contributed by atoms with Crippen molar-refractivity contribution in [2.45, 2.75) is 26.2 Å². The molecule has 32 heavy (non-hydrogen) atoms. The van der Waals surface area contributed by atoms with Gasteiger partial charge >= 0.3 is 6.03 Å². The molecule has 3 aromatic rings. The molecule has 1 aromatic heterocycles. The Morgan fingerprint density at radius 3 is 2.69 bits per heavy atom. The molecule has 2 aromatic carbocycles. The molecule has 1 aliphatic heterocycles. The summed E-state index contributed by atoms with van der Waals surface area (Å²) in [7, 11) is 0. The highest BCUT2D eigenvalue weighted by atomic mass is 32.1. The van der Waals surface area contributed by atoms with Crippen LogP contribution in [0.15, 0.2) is 60.0 Å². The third-order valence-corrected chi connectivity index (χ3v) is 6.48. The molecule has 1 saturated heterocycles. The highest BCUT2D eigenvalue weighted by molar-refractivity contribution is 7.09. The summed E-state index contributed by atoms with van der Waals surface area (Å²) in [6.45, 7) is 3.92. The van der Waals surface area contributed by atoms with Crippen molar-refractivity contribution in [1.29, 1.82) is 0 Å². The Labute approximate surface area is 192 Å². The Morgan fingerprint density at radius 1 is 1.12 bits per heavy atom. The standard InChI is InChI=1S/C25H28N4O2S/c1-18-9-11-21(12-10-18)27-25(31)26-15-20-8-5-13-29(16-20)24(30)22-17-32-23(28-22)14-19-6-3-2-4-7-19/h2-4,6-7,9-12,17,20H,5,8,13-16H2,1H3,(H2,26,27,31). The van der Waals surface area contributed by atoms with Crippen molar-refractivity contribution in [1.82, 2.24) is 15.2 Å². The number of hydrogen-bond acceptors (Lipinski definition) is 4. The molecule has 0 spiro atoms. The number of hydrogen-bond donors (Lipinski definition) is 2. The van der Waals surface area contributed by atoms with Crippen molar-refractivity contribution in [3.63, 3.8) is 0 Å². The minimum Gasteiger partial charge on any atom is -0.338 e. The number of likely N-dealkylation sites (tertiary alicyclic amines) is 1. The number of amides is 3. The van der Waals surface area contributed by atoms with E-state index in [-0.39, 0.29) is 17.9 Å². The number of aryl methyl sites for hydroxylation is 1.